The number of nitrogens with one attached hydrogen (secondary N) is 1. The van der Waals surface area contributed by atoms with Crippen molar-refractivity contribution in [3.05, 3.63) is 34.5 Å². The quantitative estimate of drug-likeness (QED) is 0.198. The van der Waals surface area contributed by atoms with Gasteiger partial charge in [-0.25, -0.2) is 24.7 Å². The van der Waals surface area contributed by atoms with Crippen LogP contribution < -0.4 is 20.9 Å². The first kappa shape index (κ1) is 35.0. The summed E-state index contributed by atoms with van der Waals surface area (Å²) < 4.78 is 5.39. The van der Waals surface area contributed by atoms with Crippen molar-refractivity contribution < 1.29 is 9.53 Å². The van der Waals surface area contributed by atoms with Crippen LogP contribution >= 0.6 is 35.1 Å². The van der Waals surface area contributed by atoms with Gasteiger partial charge in [-0.15, -0.1) is 35.1 Å². The second-order valence-corrected chi connectivity index (χ2v) is 17.1. The van der Waals surface area contributed by atoms with E-state index in [2.05, 4.69) is 61.3 Å². The maximum Gasteiger partial charge on any atom is 0.407 e. The largest absolute Gasteiger partial charge is 0.444 e. The fraction of sp³-hybridized carbons (Fsp3) is 0.629. The Kier molecular flexibility index (Phi) is 10.4. The highest BCUT2D eigenvalue weighted by molar-refractivity contribution is 7.19. The van der Waals surface area contributed by atoms with E-state index in [9.17, 15) is 4.79 Å². The van der Waals surface area contributed by atoms with Crippen molar-refractivity contribution in [1.82, 2.24) is 25.3 Å². The second kappa shape index (κ2) is 14.2. The van der Waals surface area contributed by atoms with Crippen molar-refractivity contribution in [2.75, 3.05) is 23.9 Å². The molecule has 4 aromatic rings. The molecule has 48 heavy (non-hydrogen) atoms. The number of carbonyl (C=O) groups is 1. The lowest BCUT2D eigenvalue weighted by atomic mass is 10.2. The Morgan fingerprint density at radius 2 is 1.29 bits per heavy atom. The van der Waals surface area contributed by atoms with Gasteiger partial charge in [-0.3, -0.25) is 0 Å². The van der Waals surface area contributed by atoms with Crippen molar-refractivity contribution >= 4 is 73.2 Å². The molecular weight excluding hydrogens is 664 g/mol. The molecule has 0 unspecified atom stereocenters. The Morgan fingerprint density at radius 3 is 1.75 bits per heavy atom. The Hall–Kier alpha value is -2.80. The Morgan fingerprint density at radius 1 is 0.792 bits per heavy atom. The number of halogens is 1. The number of alkyl carbamates (subject to hydrolysis) is 1. The van der Waals surface area contributed by atoms with Crippen LogP contribution in [0.15, 0.2) is 24.8 Å². The van der Waals surface area contributed by atoms with Crippen LogP contribution in [0.4, 0.5) is 16.4 Å². The monoisotopic (exact) mass is 712 g/mol. The second-order valence-electron chi connectivity index (χ2n) is 14.9. The number of thiophene rings is 2. The van der Waals surface area contributed by atoms with Gasteiger partial charge in [0.15, 0.2) is 0 Å². The molecule has 1 amide bonds. The summed E-state index contributed by atoms with van der Waals surface area (Å²) in [5.74, 6) is 3.60. The topological polar surface area (TPSA) is 122 Å². The van der Waals surface area contributed by atoms with Crippen LogP contribution in [0.3, 0.4) is 0 Å². The highest BCUT2D eigenvalue weighted by Gasteiger charge is 2.33. The molecule has 0 radical (unpaired) electrons. The molecule has 4 saturated carbocycles. The first-order valence-corrected chi connectivity index (χ1v) is 18.9. The van der Waals surface area contributed by atoms with Crippen LogP contribution in [-0.2, 0) is 4.74 Å². The number of nitrogens with zero attached hydrogens (tertiary/aromatic N) is 6. The van der Waals surface area contributed by atoms with E-state index in [0.29, 0.717) is 18.1 Å². The molecule has 8 rings (SSSR count). The number of anilines is 2. The fourth-order valence-corrected chi connectivity index (χ4v) is 9.35. The molecule has 10 nitrogen and oxygen atoms in total. The van der Waals surface area contributed by atoms with E-state index in [1.54, 1.807) is 24.0 Å². The molecule has 13 heteroatoms. The minimum Gasteiger partial charge on any atom is -0.444 e. The van der Waals surface area contributed by atoms with Gasteiger partial charge in [-0.2, -0.15) is 0 Å². The summed E-state index contributed by atoms with van der Waals surface area (Å²) in [5.41, 5.74) is 5.58. The van der Waals surface area contributed by atoms with Gasteiger partial charge in [0.1, 0.15) is 39.6 Å². The number of fused-ring (bicyclic) bond motifs is 2. The first-order chi connectivity index (χ1) is 22.5. The van der Waals surface area contributed by atoms with E-state index >= 15 is 0 Å². The molecule has 4 fully saturated rings. The summed E-state index contributed by atoms with van der Waals surface area (Å²) >= 11 is 3.64. The van der Waals surface area contributed by atoms with Crippen LogP contribution in [0.5, 0.6) is 0 Å². The number of hydrogen-bond acceptors (Lipinski definition) is 11. The average molecular weight is 713 g/mol. The summed E-state index contributed by atoms with van der Waals surface area (Å²) in [4.78, 5) is 39.8. The SMILES string of the molecule is CN(c1ncnc2sc(C3CC3)cc12)[C@@H]1CC[C@H](N)C1.CN(c1ncnc2sc(C3CC3)cc12)[C@@H]1CC[C@H](NC(=O)OC(C)(C)C)C1.Cl. The number of hydrogen-bond donors (Lipinski definition) is 2. The highest BCUT2D eigenvalue weighted by atomic mass is 35.5. The molecule has 4 aliphatic rings. The number of nitrogens with two attached hydrogens (primary N) is 1. The van der Waals surface area contributed by atoms with Crippen molar-refractivity contribution in [2.24, 2.45) is 5.73 Å². The maximum absolute atomic E-state index is 12.0. The van der Waals surface area contributed by atoms with Crippen LogP contribution in [0, 0.1) is 0 Å². The van der Waals surface area contributed by atoms with Gasteiger partial charge >= 0.3 is 6.09 Å². The third-order valence-corrected chi connectivity index (χ3v) is 12.4. The Balaban J connectivity index is 0.000000170. The molecule has 260 valence electrons. The molecule has 0 aromatic carbocycles. The van der Waals surface area contributed by atoms with Crippen LogP contribution in [0.1, 0.15) is 107 Å². The number of carbonyl (C=O) groups excluding carboxylic acids is 1. The summed E-state index contributed by atoms with van der Waals surface area (Å²) in [5, 5.41) is 5.40. The molecular formula is C35H49ClN8O2S2. The number of ether oxygens (including phenoxy) is 1. The molecule has 4 aromatic heterocycles. The average Bonchev–Trinajstić information content (AvgIpc) is 3.85. The summed E-state index contributed by atoms with van der Waals surface area (Å²) in [6, 6.07) is 5.98. The molecule has 0 saturated heterocycles. The normalized spacial score (nSPS) is 23.8. The summed E-state index contributed by atoms with van der Waals surface area (Å²) in [7, 11) is 4.26. The van der Waals surface area contributed by atoms with Crippen LogP contribution in [0.2, 0.25) is 0 Å². The van der Waals surface area contributed by atoms with E-state index < -0.39 is 5.60 Å². The smallest absolute Gasteiger partial charge is 0.407 e. The first-order valence-electron chi connectivity index (χ1n) is 17.2. The third kappa shape index (κ3) is 7.98. The maximum atomic E-state index is 12.0. The van der Waals surface area contributed by atoms with Gasteiger partial charge in [0, 0.05) is 48.0 Å². The predicted molar refractivity (Wildman–Crippen MR) is 199 cm³/mol. The lowest BCUT2D eigenvalue weighted by Gasteiger charge is -2.26. The number of aromatic nitrogens is 4. The fourth-order valence-electron chi connectivity index (χ4n) is 7.03. The standard InChI is InChI=1S/C20H28N4O2S.C15H20N4S.ClH/c1-20(2,3)26-19(25)23-13-7-8-14(9-13)24(4)17-15-10-16(12-5-6-12)27-18(15)22-11-21-17;1-19(11-5-4-10(16)6-11)14-12-7-13(9-2-3-9)20-15(12)18-8-17-14;/h10-14H,5-9H2,1-4H3,(H,23,25);7-11H,2-6,16H2,1H3;1H/t13-,14+;10-,11+;/m00./s1. The molecule has 0 spiro atoms. The molecule has 0 bridgehead atoms. The van der Waals surface area contributed by atoms with E-state index in [1.807, 2.05) is 32.1 Å². The minimum atomic E-state index is -0.469. The lowest BCUT2D eigenvalue weighted by molar-refractivity contribution is 0.0505. The zero-order valence-electron chi connectivity index (χ0n) is 28.6. The van der Waals surface area contributed by atoms with Gasteiger partial charge in [0.05, 0.1) is 10.8 Å². The number of amides is 1. The van der Waals surface area contributed by atoms with Crippen molar-refractivity contribution in [3.8, 4) is 0 Å². The minimum absolute atomic E-state index is 0. The van der Waals surface area contributed by atoms with E-state index in [4.69, 9.17) is 10.5 Å². The van der Waals surface area contributed by atoms with Crippen LogP contribution in [-0.4, -0.2) is 69.9 Å². The van der Waals surface area contributed by atoms with Crippen molar-refractivity contribution in [1.29, 1.82) is 0 Å². The van der Waals surface area contributed by atoms with Crippen LogP contribution in [0.25, 0.3) is 20.4 Å². The van der Waals surface area contributed by atoms with Crippen molar-refractivity contribution in [2.45, 2.75) is 127 Å². The Labute approximate surface area is 297 Å². The van der Waals surface area contributed by atoms with Gasteiger partial charge in [0.2, 0.25) is 0 Å². The molecule has 4 atom stereocenters. The third-order valence-electron chi connectivity index (χ3n) is 9.95. The Bertz CT molecular complexity index is 1730. The predicted octanol–water partition coefficient (Wildman–Crippen LogP) is 7.76. The summed E-state index contributed by atoms with van der Waals surface area (Å²) in [6.45, 7) is 5.65. The molecule has 3 N–H and O–H groups in total. The van der Waals surface area contributed by atoms with E-state index in [1.165, 1.54) is 47.2 Å². The highest BCUT2D eigenvalue weighted by Crippen LogP contribution is 2.47. The molecule has 4 aliphatic carbocycles. The number of rotatable bonds is 7. The van der Waals surface area contributed by atoms with Gasteiger partial charge < -0.3 is 25.6 Å². The lowest BCUT2D eigenvalue weighted by Crippen LogP contribution is -2.39. The molecule has 4 heterocycles. The van der Waals surface area contributed by atoms with E-state index in [-0.39, 0.29) is 24.5 Å². The van der Waals surface area contributed by atoms with Gasteiger partial charge in [-0.05, 0) is 109 Å². The van der Waals surface area contributed by atoms with Gasteiger partial charge in [-0.1, -0.05) is 0 Å². The van der Waals surface area contributed by atoms with Crippen molar-refractivity contribution in [3.63, 3.8) is 0 Å². The zero-order valence-corrected chi connectivity index (χ0v) is 31.1. The van der Waals surface area contributed by atoms with Gasteiger partial charge in [0.25, 0.3) is 0 Å². The summed E-state index contributed by atoms with van der Waals surface area (Å²) in [6.07, 6.45) is 14.6. The zero-order chi connectivity index (χ0) is 32.9. The van der Waals surface area contributed by atoms with E-state index in [0.717, 1.165) is 70.6 Å². The molecule has 0 aliphatic heterocycles.